The summed E-state index contributed by atoms with van der Waals surface area (Å²) in [5.41, 5.74) is 14.7. The van der Waals surface area contributed by atoms with E-state index >= 15 is 0 Å². The summed E-state index contributed by atoms with van der Waals surface area (Å²) in [5.74, 6) is 6.57. The van der Waals surface area contributed by atoms with Crippen molar-refractivity contribution in [3.05, 3.63) is 81.2 Å². The van der Waals surface area contributed by atoms with Crippen LogP contribution in [0.2, 0.25) is 0 Å². The number of amidine groups is 1. The molecule has 0 radical (unpaired) electrons. The first-order valence-corrected chi connectivity index (χ1v) is 9.03. The number of thiophene rings is 1. The number of nitrogen functional groups attached to an aromatic ring is 1. The molecular formula is C19H22N6S. The Morgan fingerprint density at radius 3 is 2.69 bits per heavy atom. The predicted octanol–water partition coefficient (Wildman–Crippen LogP) is 2.62. The minimum absolute atomic E-state index is 0.239. The lowest BCUT2D eigenvalue weighted by atomic mass is 10.1. The van der Waals surface area contributed by atoms with Crippen molar-refractivity contribution in [3.8, 4) is 0 Å². The van der Waals surface area contributed by atoms with Crippen molar-refractivity contribution >= 4 is 23.0 Å². The first-order valence-electron chi connectivity index (χ1n) is 8.21. The average molecular weight is 366 g/mol. The molecule has 0 amide bonds. The zero-order valence-electron chi connectivity index (χ0n) is 14.6. The second-order valence-corrected chi connectivity index (χ2v) is 7.40. The fraction of sp³-hybridized carbons (Fsp3) is 0.158. The Labute approximate surface area is 156 Å². The van der Waals surface area contributed by atoms with Crippen LogP contribution in [-0.4, -0.2) is 15.9 Å². The zero-order chi connectivity index (χ0) is 18.5. The molecule has 0 bridgehead atoms. The number of aromatic nitrogens is 1. The number of benzene rings is 1. The molecule has 0 fully saturated rings. The van der Waals surface area contributed by atoms with Gasteiger partial charge in [0, 0.05) is 22.4 Å². The van der Waals surface area contributed by atoms with Gasteiger partial charge in [0.2, 0.25) is 0 Å². The highest BCUT2D eigenvalue weighted by atomic mass is 32.1. The number of nitrogens with zero attached hydrogens (tertiary/aromatic N) is 3. The highest BCUT2D eigenvalue weighted by Gasteiger charge is 2.07. The van der Waals surface area contributed by atoms with Gasteiger partial charge in [-0.2, -0.15) is 0 Å². The first-order chi connectivity index (χ1) is 12.5. The van der Waals surface area contributed by atoms with Crippen LogP contribution in [0.1, 0.15) is 26.4 Å². The Morgan fingerprint density at radius 2 is 1.96 bits per heavy atom. The number of pyridine rings is 1. The maximum absolute atomic E-state index is 6.01. The fourth-order valence-electron chi connectivity index (χ4n) is 2.67. The summed E-state index contributed by atoms with van der Waals surface area (Å²) in [5, 5.41) is 5.52. The van der Waals surface area contributed by atoms with Crippen molar-refractivity contribution in [3.63, 3.8) is 0 Å². The van der Waals surface area contributed by atoms with Crippen LogP contribution in [0.25, 0.3) is 0 Å². The summed E-state index contributed by atoms with van der Waals surface area (Å²) in [6, 6.07) is 16.1. The molecule has 7 heteroatoms. The van der Waals surface area contributed by atoms with Gasteiger partial charge in [-0.1, -0.05) is 24.3 Å². The number of nitrogens with two attached hydrogens (primary N) is 3. The lowest BCUT2D eigenvalue weighted by Crippen LogP contribution is -2.29. The topological polar surface area (TPSA) is 107 Å². The minimum Gasteiger partial charge on any atom is -0.383 e. The van der Waals surface area contributed by atoms with E-state index in [1.165, 1.54) is 20.4 Å². The van der Waals surface area contributed by atoms with E-state index in [0.717, 1.165) is 12.0 Å². The second kappa shape index (κ2) is 7.99. The van der Waals surface area contributed by atoms with Crippen molar-refractivity contribution < 1.29 is 0 Å². The molecule has 6 nitrogen and oxygen atoms in total. The third kappa shape index (κ3) is 4.59. The molecule has 0 saturated heterocycles. The summed E-state index contributed by atoms with van der Waals surface area (Å²) in [4.78, 5) is 6.67. The van der Waals surface area contributed by atoms with Gasteiger partial charge in [0.1, 0.15) is 5.82 Å². The zero-order valence-corrected chi connectivity index (χ0v) is 15.4. The second-order valence-electron chi connectivity index (χ2n) is 6.03. The molecule has 2 aromatic heterocycles. The normalized spacial score (nSPS) is 11.5. The molecule has 0 atom stereocenters. The molecular weight excluding hydrogens is 344 g/mol. The van der Waals surface area contributed by atoms with Crippen molar-refractivity contribution in [2.24, 2.45) is 16.7 Å². The van der Waals surface area contributed by atoms with E-state index in [0.29, 0.717) is 17.9 Å². The Balaban J connectivity index is 1.69. The third-order valence-electron chi connectivity index (χ3n) is 3.86. The molecule has 0 saturated carbocycles. The molecule has 2 heterocycles. The van der Waals surface area contributed by atoms with Gasteiger partial charge in [-0.3, -0.25) is 0 Å². The maximum atomic E-state index is 6.01. The van der Waals surface area contributed by atoms with Gasteiger partial charge >= 0.3 is 0 Å². The summed E-state index contributed by atoms with van der Waals surface area (Å²) in [7, 11) is 0. The molecule has 0 spiro atoms. The monoisotopic (exact) mass is 366 g/mol. The molecule has 134 valence electrons. The van der Waals surface area contributed by atoms with Gasteiger partial charge in [-0.25, -0.2) is 15.9 Å². The number of hydrogen-bond donors (Lipinski definition) is 3. The van der Waals surface area contributed by atoms with Crippen LogP contribution in [0.5, 0.6) is 0 Å². The molecule has 26 heavy (non-hydrogen) atoms. The summed E-state index contributed by atoms with van der Waals surface area (Å²) in [6.45, 7) is 2.56. The third-order valence-corrected chi connectivity index (χ3v) is 4.86. The van der Waals surface area contributed by atoms with E-state index in [-0.39, 0.29) is 5.84 Å². The van der Waals surface area contributed by atoms with Crippen molar-refractivity contribution in [2.45, 2.75) is 19.9 Å². The van der Waals surface area contributed by atoms with Crippen LogP contribution in [0.15, 0.2) is 59.8 Å². The van der Waals surface area contributed by atoms with Gasteiger partial charge in [0.05, 0.1) is 12.1 Å². The van der Waals surface area contributed by atoms with E-state index in [1.54, 1.807) is 18.3 Å². The minimum atomic E-state index is 0.239. The van der Waals surface area contributed by atoms with Crippen molar-refractivity contribution in [2.75, 3.05) is 5.73 Å². The summed E-state index contributed by atoms with van der Waals surface area (Å²) < 4.78 is 0. The molecule has 0 aliphatic carbocycles. The number of hydrogen-bond acceptors (Lipinski definition) is 6. The number of aryl methyl sites for hydroxylation is 1. The van der Waals surface area contributed by atoms with E-state index in [1.807, 2.05) is 23.5 Å². The predicted molar refractivity (Wildman–Crippen MR) is 107 cm³/mol. The first kappa shape index (κ1) is 17.9. The Hall–Kier alpha value is -2.90. The Morgan fingerprint density at radius 1 is 1.15 bits per heavy atom. The SMILES string of the molecule is Cc1ccc(Cc2cccc(CN(N)/N=C(\N)c3cccnc3N)c2)s1. The quantitative estimate of drug-likeness (QED) is 0.269. The van der Waals surface area contributed by atoms with Gasteiger partial charge in [0.15, 0.2) is 5.84 Å². The number of anilines is 1. The van der Waals surface area contributed by atoms with Crippen molar-refractivity contribution in [1.29, 1.82) is 0 Å². The lowest BCUT2D eigenvalue weighted by Gasteiger charge is -2.15. The standard InChI is InChI=1S/C19H22N6S/c1-13-7-8-16(26-13)11-14-4-2-5-15(10-14)12-25(22)24-19(21)17-6-3-9-23-18(17)20/h2-10H,11-12,22H2,1H3,(H2,20,23)(H2,21,24). The number of rotatable bonds is 6. The molecule has 6 N–H and O–H groups in total. The highest BCUT2D eigenvalue weighted by molar-refractivity contribution is 7.11. The molecule has 0 aliphatic heterocycles. The summed E-state index contributed by atoms with van der Waals surface area (Å²) in [6.07, 6.45) is 2.52. The van der Waals surface area contributed by atoms with Gasteiger partial charge < -0.3 is 11.5 Å². The van der Waals surface area contributed by atoms with E-state index < -0.39 is 0 Å². The van der Waals surface area contributed by atoms with Gasteiger partial charge in [0.25, 0.3) is 0 Å². The number of hydrazone groups is 1. The molecule has 3 rings (SSSR count). The van der Waals surface area contributed by atoms with Crippen LogP contribution in [-0.2, 0) is 13.0 Å². The maximum Gasteiger partial charge on any atom is 0.156 e. The van der Waals surface area contributed by atoms with E-state index in [2.05, 4.69) is 41.3 Å². The van der Waals surface area contributed by atoms with Gasteiger partial charge in [-0.15, -0.1) is 16.4 Å². The van der Waals surface area contributed by atoms with Crippen LogP contribution < -0.4 is 17.3 Å². The summed E-state index contributed by atoms with van der Waals surface area (Å²) >= 11 is 1.82. The van der Waals surface area contributed by atoms with Crippen LogP contribution in [0.3, 0.4) is 0 Å². The molecule has 1 aromatic carbocycles. The van der Waals surface area contributed by atoms with Crippen molar-refractivity contribution in [1.82, 2.24) is 10.1 Å². The van der Waals surface area contributed by atoms with Gasteiger partial charge in [-0.05, 0) is 42.3 Å². The largest absolute Gasteiger partial charge is 0.383 e. The average Bonchev–Trinajstić information content (AvgIpc) is 3.00. The smallest absolute Gasteiger partial charge is 0.156 e. The number of hydrazine groups is 1. The van der Waals surface area contributed by atoms with Crippen LogP contribution >= 0.6 is 11.3 Å². The van der Waals surface area contributed by atoms with Crippen LogP contribution in [0.4, 0.5) is 5.82 Å². The molecule has 0 unspecified atom stereocenters. The molecule has 0 aliphatic rings. The Kier molecular flexibility index (Phi) is 5.50. The fourth-order valence-corrected chi connectivity index (χ4v) is 3.59. The lowest BCUT2D eigenvalue weighted by molar-refractivity contribution is 0.290. The van der Waals surface area contributed by atoms with E-state index in [9.17, 15) is 0 Å². The Bertz CT molecular complexity index is 918. The van der Waals surface area contributed by atoms with E-state index in [4.69, 9.17) is 17.3 Å². The van der Waals surface area contributed by atoms with Crippen LogP contribution in [0, 0.1) is 6.92 Å². The highest BCUT2D eigenvalue weighted by Crippen LogP contribution is 2.20. The molecule has 3 aromatic rings.